The summed E-state index contributed by atoms with van der Waals surface area (Å²) in [6.45, 7) is 4.42. The van der Waals surface area contributed by atoms with Crippen molar-refractivity contribution in [3.05, 3.63) is 30.1 Å². The Morgan fingerprint density at radius 2 is 1.86 bits per heavy atom. The normalized spacial score (nSPS) is 11.8. The van der Waals surface area contributed by atoms with Crippen molar-refractivity contribution in [2.45, 2.75) is 39.5 Å². The zero-order valence-corrected chi connectivity index (χ0v) is 12.4. The van der Waals surface area contributed by atoms with Crippen molar-refractivity contribution in [1.29, 1.82) is 0 Å². The Kier molecular flexibility index (Phi) is 7.43. The highest BCUT2D eigenvalue weighted by molar-refractivity contribution is 5.74. The molecule has 1 aromatic carbocycles. The molecule has 0 aliphatic carbocycles. The molecular weight excluding hydrogens is 275 g/mol. The van der Waals surface area contributed by atoms with Crippen LogP contribution in [0.4, 0.5) is 4.39 Å². The lowest BCUT2D eigenvalue weighted by Gasteiger charge is -2.09. The molecule has 0 saturated carbocycles. The van der Waals surface area contributed by atoms with E-state index in [2.05, 4.69) is 0 Å². The van der Waals surface area contributed by atoms with E-state index in [1.165, 1.54) is 18.2 Å². The monoisotopic (exact) mass is 296 g/mol. The molecule has 1 aromatic rings. The third-order valence-electron chi connectivity index (χ3n) is 3.05. The van der Waals surface area contributed by atoms with Crippen LogP contribution in [0.2, 0.25) is 0 Å². The van der Waals surface area contributed by atoms with Crippen LogP contribution in [-0.4, -0.2) is 18.5 Å². The summed E-state index contributed by atoms with van der Waals surface area (Å²) in [5, 5.41) is 0. The number of esters is 2. The van der Waals surface area contributed by atoms with Gasteiger partial charge in [0.2, 0.25) is 0 Å². The highest BCUT2D eigenvalue weighted by atomic mass is 19.1. The Balaban J connectivity index is 2.22. The molecule has 0 amide bonds. The van der Waals surface area contributed by atoms with E-state index in [9.17, 15) is 14.0 Å². The fourth-order valence-electron chi connectivity index (χ4n) is 1.50. The van der Waals surface area contributed by atoms with E-state index >= 15 is 0 Å². The quantitative estimate of drug-likeness (QED) is 0.544. The van der Waals surface area contributed by atoms with E-state index in [0.29, 0.717) is 18.9 Å². The Morgan fingerprint density at radius 1 is 1.19 bits per heavy atom. The number of rotatable bonds is 8. The van der Waals surface area contributed by atoms with Gasteiger partial charge in [-0.15, -0.1) is 0 Å². The van der Waals surface area contributed by atoms with Gasteiger partial charge in [-0.2, -0.15) is 0 Å². The number of carbonyl (C=O) groups excluding carboxylic acids is 2. The minimum absolute atomic E-state index is 0.0484. The van der Waals surface area contributed by atoms with E-state index in [-0.39, 0.29) is 24.6 Å². The second-order valence-electron chi connectivity index (χ2n) is 4.95. The number of halogens is 1. The maximum Gasteiger partial charge on any atom is 0.311 e. The van der Waals surface area contributed by atoms with E-state index in [1.54, 1.807) is 6.07 Å². The zero-order chi connectivity index (χ0) is 15.7. The minimum atomic E-state index is -0.584. The van der Waals surface area contributed by atoms with Gasteiger partial charge >= 0.3 is 11.9 Å². The van der Waals surface area contributed by atoms with Gasteiger partial charge in [0.1, 0.15) is 0 Å². The SMILES string of the molecule is CCC(C)COC(=O)CCCC(=O)Oc1ccccc1F. The Labute approximate surface area is 124 Å². The Bertz CT molecular complexity index is 473. The first-order valence-corrected chi connectivity index (χ1v) is 7.13. The molecule has 116 valence electrons. The average Bonchev–Trinajstić information content (AvgIpc) is 2.47. The molecule has 0 saturated heterocycles. The van der Waals surface area contributed by atoms with Crippen LogP contribution in [0, 0.1) is 11.7 Å². The summed E-state index contributed by atoms with van der Waals surface area (Å²) in [7, 11) is 0. The van der Waals surface area contributed by atoms with Gasteiger partial charge < -0.3 is 9.47 Å². The molecule has 1 unspecified atom stereocenters. The molecule has 0 N–H and O–H groups in total. The fourth-order valence-corrected chi connectivity index (χ4v) is 1.50. The molecule has 5 heteroatoms. The van der Waals surface area contributed by atoms with Gasteiger partial charge in [0.05, 0.1) is 6.61 Å². The van der Waals surface area contributed by atoms with Crippen LogP contribution in [0.5, 0.6) is 5.75 Å². The largest absolute Gasteiger partial charge is 0.465 e. The first kappa shape index (κ1) is 17.1. The van der Waals surface area contributed by atoms with Crippen molar-refractivity contribution >= 4 is 11.9 Å². The van der Waals surface area contributed by atoms with Crippen molar-refractivity contribution in [1.82, 2.24) is 0 Å². The standard InChI is InChI=1S/C16H21FO4/c1-3-12(2)11-20-15(18)9-6-10-16(19)21-14-8-5-4-7-13(14)17/h4-5,7-8,12H,3,6,9-11H2,1-2H3. The summed E-state index contributed by atoms with van der Waals surface area (Å²) in [6, 6.07) is 5.69. The van der Waals surface area contributed by atoms with Crippen LogP contribution in [-0.2, 0) is 14.3 Å². The topological polar surface area (TPSA) is 52.6 Å². The summed E-state index contributed by atoms with van der Waals surface area (Å²) < 4.78 is 23.2. The molecule has 0 fully saturated rings. The van der Waals surface area contributed by atoms with E-state index in [4.69, 9.17) is 9.47 Å². The minimum Gasteiger partial charge on any atom is -0.465 e. The highest BCUT2D eigenvalue weighted by Crippen LogP contribution is 2.16. The molecule has 1 atom stereocenters. The molecule has 0 radical (unpaired) electrons. The van der Waals surface area contributed by atoms with Gasteiger partial charge in [0, 0.05) is 12.8 Å². The number of benzene rings is 1. The second kappa shape index (κ2) is 9.10. The fraction of sp³-hybridized carbons (Fsp3) is 0.500. The van der Waals surface area contributed by atoms with E-state index < -0.39 is 11.8 Å². The van der Waals surface area contributed by atoms with Crippen LogP contribution in [0.15, 0.2) is 24.3 Å². The van der Waals surface area contributed by atoms with Crippen LogP contribution in [0.3, 0.4) is 0 Å². The lowest BCUT2D eigenvalue weighted by molar-refractivity contribution is -0.145. The summed E-state index contributed by atoms with van der Waals surface area (Å²) >= 11 is 0. The third-order valence-corrected chi connectivity index (χ3v) is 3.05. The van der Waals surface area contributed by atoms with Crippen molar-refractivity contribution in [3.8, 4) is 5.75 Å². The molecular formula is C16H21FO4. The lowest BCUT2D eigenvalue weighted by Crippen LogP contribution is -2.13. The maximum absolute atomic E-state index is 13.3. The Hall–Kier alpha value is -1.91. The number of hydrogen-bond acceptors (Lipinski definition) is 4. The number of para-hydroxylation sites is 1. The molecule has 21 heavy (non-hydrogen) atoms. The van der Waals surface area contributed by atoms with Crippen molar-refractivity contribution in [2.75, 3.05) is 6.61 Å². The Morgan fingerprint density at radius 3 is 2.52 bits per heavy atom. The van der Waals surface area contributed by atoms with Crippen molar-refractivity contribution in [3.63, 3.8) is 0 Å². The van der Waals surface area contributed by atoms with Gasteiger partial charge in [-0.25, -0.2) is 4.39 Å². The smallest absolute Gasteiger partial charge is 0.311 e. The molecule has 0 heterocycles. The highest BCUT2D eigenvalue weighted by Gasteiger charge is 2.11. The van der Waals surface area contributed by atoms with Gasteiger partial charge in [-0.3, -0.25) is 9.59 Å². The van der Waals surface area contributed by atoms with Crippen LogP contribution >= 0.6 is 0 Å². The predicted molar refractivity (Wildman–Crippen MR) is 76.3 cm³/mol. The van der Waals surface area contributed by atoms with Crippen molar-refractivity contribution < 1.29 is 23.5 Å². The first-order chi connectivity index (χ1) is 10.0. The van der Waals surface area contributed by atoms with E-state index in [0.717, 1.165) is 6.42 Å². The van der Waals surface area contributed by atoms with Crippen LogP contribution < -0.4 is 4.74 Å². The number of ether oxygens (including phenoxy) is 2. The van der Waals surface area contributed by atoms with E-state index in [1.807, 2.05) is 13.8 Å². The zero-order valence-electron chi connectivity index (χ0n) is 12.4. The molecule has 0 aliphatic rings. The second-order valence-corrected chi connectivity index (χ2v) is 4.95. The van der Waals surface area contributed by atoms with Gasteiger partial charge in [0.25, 0.3) is 0 Å². The van der Waals surface area contributed by atoms with Gasteiger partial charge in [0.15, 0.2) is 11.6 Å². The molecule has 4 nitrogen and oxygen atoms in total. The molecule has 0 bridgehead atoms. The first-order valence-electron chi connectivity index (χ1n) is 7.13. The summed E-state index contributed by atoms with van der Waals surface area (Å²) in [5.41, 5.74) is 0. The molecule has 1 rings (SSSR count). The summed E-state index contributed by atoms with van der Waals surface area (Å²) in [6.07, 6.45) is 1.48. The molecule has 0 aromatic heterocycles. The van der Waals surface area contributed by atoms with Crippen LogP contribution in [0.25, 0.3) is 0 Å². The van der Waals surface area contributed by atoms with Crippen molar-refractivity contribution in [2.24, 2.45) is 5.92 Å². The van der Waals surface area contributed by atoms with Gasteiger partial charge in [-0.05, 0) is 24.5 Å². The number of hydrogen-bond donors (Lipinski definition) is 0. The molecule has 0 spiro atoms. The third kappa shape index (κ3) is 6.88. The maximum atomic E-state index is 13.3. The average molecular weight is 296 g/mol. The lowest BCUT2D eigenvalue weighted by atomic mass is 10.1. The predicted octanol–water partition coefficient (Wildman–Crippen LogP) is 3.49. The number of carbonyl (C=O) groups is 2. The summed E-state index contributed by atoms with van der Waals surface area (Å²) in [5.74, 6) is -1.23. The molecule has 0 aliphatic heterocycles. The van der Waals surface area contributed by atoms with Gasteiger partial charge in [-0.1, -0.05) is 32.4 Å². The van der Waals surface area contributed by atoms with Crippen LogP contribution in [0.1, 0.15) is 39.5 Å². The summed E-state index contributed by atoms with van der Waals surface area (Å²) in [4.78, 5) is 22.9.